The van der Waals surface area contributed by atoms with Crippen LogP contribution in [0.2, 0.25) is 0 Å². The molecule has 1 aliphatic heterocycles. The predicted molar refractivity (Wildman–Crippen MR) is 78.0 cm³/mol. The van der Waals surface area contributed by atoms with Crippen LogP contribution in [0, 0.1) is 10.1 Å². The van der Waals surface area contributed by atoms with Gasteiger partial charge in [-0.25, -0.2) is 4.79 Å². The molecule has 1 rings (SSSR count). The fourth-order valence-electron chi connectivity index (χ4n) is 2.39. The molecule has 0 atom stereocenters. The summed E-state index contributed by atoms with van der Waals surface area (Å²) in [6, 6.07) is 0. The Hall–Kier alpha value is -1.86. The number of piperidine rings is 1. The molecule has 0 bridgehead atoms. The van der Waals surface area contributed by atoms with Gasteiger partial charge in [0.05, 0.1) is 13.5 Å². The van der Waals surface area contributed by atoms with Gasteiger partial charge in [0.25, 0.3) is 0 Å². The Balaban J connectivity index is 2.64. The summed E-state index contributed by atoms with van der Waals surface area (Å²) in [5.74, 6) is -0.462. The number of hydrogen-bond acceptors (Lipinski definition) is 6. The molecule has 0 aromatic carbocycles. The Morgan fingerprint density at radius 1 is 1.27 bits per heavy atom. The summed E-state index contributed by atoms with van der Waals surface area (Å²) < 4.78 is 9.80. The van der Waals surface area contributed by atoms with E-state index in [1.54, 1.807) is 20.8 Å². The summed E-state index contributed by atoms with van der Waals surface area (Å²) >= 11 is 0. The van der Waals surface area contributed by atoms with Gasteiger partial charge in [-0.1, -0.05) is 0 Å². The average molecular weight is 316 g/mol. The van der Waals surface area contributed by atoms with Gasteiger partial charge in [-0.15, -0.1) is 0 Å². The third-order valence-corrected chi connectivity index (χ3v) is 3.76. The van der Waals surface area contributed by atoms with E-state index in [4.69, 9.17) is 4.74 Å². The zero-order valence-corrected chi connectivity index (χ0v) is 13.6. The van der Waals surface area contributed by atoms with Crippen molar-refractivity contribution < 1.29 is 24.0 Å². The number of carbonyl (C=O) groups excluding carboxylic acids is 2. The zero-order chi connectivity index (χ0) is 17.0. The second-order valence-corrected chi connectivity index (χ2v) is 6.52. The van der Waals surface area contributed by atoms with Gasteiger partial charge in [0.15, 0.2) is 0 Å². The van der Waals surface area contributed by atoms with E-state index >= 15 is 0 Å². The van der Waals surface area contributed by atoms with Crippen LogP contribution in [0.4, 0.5) is 4.79 Å². The van der Waals surface area contributed by atoms with Crippen molar-refractivity contribution in [3.05, 3.63) is 10.1 Å². The van der Waals surface area contributed by atoms with Gasteiger partial charge < -0.3 is 14.4 Å². The van der Waals surface area contributed by atoms with Crippen LogP contribution in [0.25, 0.3) is 0 Å². The van der Waals surface area contributed by atoms with Gasteiger partial charge in [0.1, 0.15) is 5.60 Å². The van der Waals surface area contributed by atoms with Crippen LogP contribution < -0.4 is 0 Å². The maximum Gasteiger partial charge on any atom is 0.410 e. The maximum atomic E-state index is 12.0. The number of nitro groups is 1. The molecule has 0 unspecified atom stereocenters. The van der Waals surface area contributed by atoms with E-state index in [0.29, 0.717) is 0 Å². The number of nitrogens with zero attached hydrogens (tertiary/aromatic N) is 2. The number of esters is 1. The minimum atomic E-state index is -1.17. The van der Waals surface area contributed by atoms with Crippen molar-refractivity contribution in [3.63, 3.8) is 0 Å². The molecule has 0 aliphatic carbocycles. The summed E-state index contributed by atoms with van der Waals surface area (Å²) in [5.41, 5.74) is -1.77. The molecule has 0 radical (unpaired) electrons. The molecule has 1 amide bonds. The molecule has 8 heteroatoms. The summed E-state index contributed by atoms with van der Waals surface area (Å²) in [4.78, 5) is 35.7. The highest BCUT2D eigenvalue weighted by molar-refractivity contribution is 5.69. The van der Waals surface area contributed by atoms with Crippen LogP contribution in [-0.4, -0.2) is 53.2 Å². The van der Waals surface area contributed by atoms with Crippen LogP contribution >= 0.6 is 0 Å². The van der Waals surface area contributed by atoms with E-state index in [-0.39, 0.29) is 43.7 Å². The van der Waals surface area contributed by atoms with Gasteiger partial charge >= 0.3 is 12.1 Å². The van der Waals surface area contributed by atoms with E-state index in [1.807, 2.05) is 0 Å². The van der Waals surface area contributed by atoms with Gasteiger partial charge in [-0.2, -0.15) is 0 Å². The van der Waals surface area contributed by atoms with Gasteiger partial charge in [-0.05, 0) is 20.8 Å². The summed E-state index contributed by atoms with van der Waals surface area (Å²) in [6.07, 6.45) is 0.0722. The monoisotopic (exact) mass is 316 g/mol. The summed E-state index contributed by atoms with van der Waals surface area (Å²) in [5, 5.41) is 11.4. The van der Waals surface area contributed by atoms with Crippen LogP contribution in [-0.2, 0) is 14.3 Å². The molecule has 0 aromatic rings. The maximum absolute atomic E-state index is 12.0. The molecule has 0 aromatic heterocycles. The number of amides is 1. The Morgan fingerprint density at radius 2 is 1.82 bits per heavy atom. The summed E-state index contributed by atoms with van der Waals surface area (Å²) in [7, 11) is 1.26. The molecule has 0 spiro atoms. The Morgan fingerprint density at radius 3 is 2.23 bits per heavy atom. The highest BCUT2D eigenvalue weighted by Crippen LogP contribution is 2.31. The number of hydrogen-bond donors (Lipinski definition) is 0. The van der Waals surface area contributed by atoms with E-state index in [0.717, 1.165) is 0 Å². The first-order valence-corrected chi connectivity index (χ1v) is 7.29. The van der Waals surface area contributed by atoms with Gasteiger partial charge in [-0.3, -0.25) is 14.9 Å². The smallest absolute Gasteiger partial charge is 0.410 e. The van der Waals surface area contributed by atoms with E-state index in [2.05, 4.69) is 4.74 Å². The van der Waals surface area contributed by atoms with Crippen molar-refractivity contribution >= 4 is 12.1 Å². The van der Waals surface area contributed by atoms with Crippen molar-refractivity contribution in [2.75, 3.05) is 20.2 Å². The first-order chi connectivity index (χ1) is 10.1. The molecule has 22 heavy (non-hydrogen) atoms. The van der Waals surface area contributed by atoms with Crippen LogP contribution in [0.3, 0.4) is 0 Å². The first kappa shape index (κ1) is 18.2. The van der Waals surface area contributed by atoms with E-state index < -0.39 is 23.2 Å². The van der Waals surface area contributed by atoms with Crippen molar-refractivity contribution in [1.82, 2.24) is 4.90 Å². The van der Waals surface area contributed by atoms with Crippen molar-refractivity contribution in [2.24, 2.45) is 0 Å². The van der Waals surface area contributed by atoms with Crippen LogP contribution in [0.5, 0.6) is 0 Å². The molecule has 0 N–H and O–H groups in total. The highest BCUT2D eigenvalue weighted by Gasteiger charge is 2.46. The van der Waals surface area contributed by atoms with Gasteiger partial charge in [0.2, 0.25) is 5.54 Å². The minimum Gasteiger partial charge on any atom is -0.469 e. The lowest BCUT2D eigenvalue weighted by atomic mass is 9.84. The van der Waals surface area contributed by atoms with Crippen LogP contribution in [0.15, 0.2) is 0 Å². The molecule has 8 nitrogen and oxygen atoms in total. The minimum absolute atomic E-state index is 0.00389. The Bertz CT molecular complexity index is 435. The second-order valence-electron chi connectivity index (χ2n) is 6.52. The Kier molecular flexibility index (Phi) is 5.73. The number of ether oxygens (including phenoxy) is 2. The lowest BCUT2D eigenvalue weighted by molar-refractivity contribution is -0.576. The molecule has 1 aliphatic rings. The highest BCUT2D eigenvalue weighted by atomic mass is 16.6. The lowest BCUT2D eigenvalue weighted by Crippen LogP contribution is -2.51. The lowest BCUT2D eigenvalue weighted by Gasteiger charge is -2.36. The molecule has 1 saturated heterocycles. The normalized spacial score (nSPS) is 17.7. The molecule has 1 fully saturated rings. The first-order valence-electron chi connectivity index (χ1n) is 7.29. The number of carbonyl (C=O) groups is 2. The molecule has 0 saturated carbocycles. The van der Waals surface area contributed by atoms with Crippen molar-refractivity contribution in [2.45, 2.75) is 57.6 Å². The Labute approximate surface area is 129 Å². The average Bonchev–Trinajstić information content (AvgIpc) is 2.43. The second kappa shape index (κ2) is 6.93. The standard InChI is InChI=1S/C14H24N2O6/c1-13(2,3)22-12(18)15-9-7-14(8-10-15,16(19)20)6-5-11(17)21-4/h5-10H2,1-4H3. The van der Waals surface area contributed by atoms with E-state index in [1.165, 1.54) is 12.0 Å². The zero-order valence-electron chi connectivity index (χ0n) is 13.6. The topological polar surface area (TPSA) is 99.0 Å². The number of rotatable bonds is 4. The third kappa shape index (κ3) is 4.85. The number of methoxy groups -OCH3 is 1. The molecule has 126 valence electrons. The largest absolute Gasteiger partial charge is 0.469 e. The predicted octanol–water partition coefficient (Wildman–Crippen LogP) is 1.99. The van der Waals surface area contributed by atoms with Gasteiger partial charge in [0, 0.05) is 37.3 Å². The number of likely N-dealkylation sites (tertiary alicyclic amines) is 1. The fourth-order valence-corrected chi connectivity index (χ4v) is 2.39. The molecular formula is C14H24N2O6. The van der Waals surface area contributed by atoms with Crippen LogP contribution in [0.1, 0.15) is 46.5 Å². The van der Waals surface area contributed by atoms with E-state index in [9.17, 15) is 19.7 Å². The van der Waals surface area contributed by atoms with Crippen molar-refractivity contribution in [1.29, 1.82) is 0 Å². The quantitative estimate of drug-likeness (QED) is 0.447. The van der Waals surface area contributed by atoms with Crippen molar-refractivity contribution in [3.8, 4) is 0 Å². The summed E-state index contributed by atoms with van der Waals surface area (Å²) in [6.45, 7) is 5.81. The molecule has 1 heterocycles. The third-order valence-electron chi connectivity index (χ3n) is 3.76. The SMILES string of the molecule is COC(=O)CCC1([N+](=O)[O-])CCN(C(=O)OC(C)(C)C)CC1. The fraction of sp³-hybridized carbons (Fsp3) is 0.857. The molecular weight excluding hydrogens is 292 g/mol.